The lowest BCUT2D eigenvalue weighted by molar-refractivity contribution is -0.235. The normalized spacial score (nSPS) is 20.1. The number of alkyl halides is 6. The topological polar surface area (TPSA) is 49.4 Å². The van der Waals surface area contributed by atoms with E-state index in [1.54, 1.807) is 0 Å². The molecule has 1 fully saturated rings. The van der Waals surface area contributed by atoms with Gasteiger partial charge in [0.1, 0.15) is 11.7 Å². The standard InChI is InChI=1S/C11H14F6N2O2/c12-10(13,14)7-19-4-1-9(2-5-19,11(15,16)17)8(21)18-3-6-20/h6H,1-5,7H2,(H,18,21). The Morgan fingerprint density at radius 1 is 1.14 bits per heavy atom. The van der Waals surface area contributed by atoms with Crippen molar-refractivity contribution in [2.45, 2.75) is 25.2 Å². The number of carbonyl (C=O) groups is 2. The number of nitrogens with zero attached hydrogens (tertiary/aromatic N) is 1. The quantitative estimate of drug-likeness (QED) is 0.631. The Balaban J connectivity index is 2.80. The van der Waals surface area contributed by atoms with Crippen LogP contribution in [-0.4, -0.2) is 55.6 Å². The lowest BCUT2D eigenvalue weighted by Gasteiger charge is -2.41. The van der Waals surface area contributed by atoms with Crippen LogP contribution in [0.25, 0.3) is 0 Å². The molecule has 21 heavy (non-hydrogen) atoms. The summed E-state index contributed by atoms with van der Waals surface area (Å²) in [5.74, 6) is -1.37. The third kappa shape index (κ3) is 4.32. The minimum absolute atomic E-state index is 0.237. The first-order chi connectivity index (χ1) is 9.52. The molecule has 1 rings (SSSR count). The second kappa shape index (κ2) is 6.20. The predicted octanol–water partition coefficient (Wildman–Crippen LogP) is 1.51. The summed E-state index contributed by atoms with van der Waals surface area (Å²) in [5.41, 5.74) is -2.74. The Morgan fingerprint density at radius 3 is 2.05 bits per heavy atom. The SMILES string of the molecule is O=CCNC(=O)C1(C(F)(F)F)CCN(CC(F)(F)F)CC1. The fraction of sp³-hybridized carbons (Fsp3) is 0.818. The summed E-state index contributed by atoms with van der Waals surface area (Å²) in [6, 6.07) is 0. The molecular weight excluding hydrogens is 306 g/mol. The van der Waals surface area contributed by atoms with Crippen molar-refractivity contribution in [1.82, 2.24) is 10.2 Å². The van der Waals surface area contributed by atoms with Crippen LogP contribution < -0.4 is 5.32 Å². The van der Waals surface area contributed by atoms with Gasteiger partial charge in [-0.1, -0.05) is 0 Å². The first-order valence-corrected chi connectivity index (χ1v) is 6.09. The van der Waals surface area contributed by atoms with Gasteiger partial charge < -0.3 is 10.1 Å². The fourth-order valence-electron chi connectivity index (χ4n) is 2.29. The summed E-state index contributed by atoms with van der Waals surface area (Å²) in [6.45, 7) is -2.86. The summed E-state index contributed by atoms with van der Waals surface area (Å²) in [7, 11) is 0. The maximum atomic E-state index is 13.1. The Morgan fingerprint density at radius 2 is 1.67 bits per heavy atom. The highest BCUT2D eigenvalue weighted by atomic mass is 19.4. The number of amides is 1. The van der Waals surface area contributed by atoms with Crippen molar-refractivity contribution >= 4 is 12.2 Å². The van der Waals surface area contributed by atoms with Gasteiger partial charge in [0, 0.05) is 0 Å². The van der Waals surface area contributed by atoms with Gasteiger partial charge in [0.2, 0.25) is 5.91 Å². The van der Waals surface area contributed by atoms with Gasteiger partial charge in [-0.25, -0.2) is 0 Å². The molecule has 0 saturated carbocycles. The van der Waals surface area contributed by atoms with Crippen LogP contribution in [0.3, 0.4) is 0 Å². The van der Waals surface area contributed by atoms with Gasteiger partial charge in [-0.2, -0.15) is 26.3 Å². The highest BCUT2D eigenvalue weighted by Crippen LogP contribution is 2.46. The molecule has 0 aromatic carbocycles. The predicted molar refractivity (Wildman–Crippen MR) is 59.3 cm³/mol. The van der Waals surface area contributed by atoms with Crippen molar-refractivity contribution < 1.29 is 35.9 Å². The van der Waals surface area contributed by atoms with Crippen molar-refractivity contribution in [3.8, 4) is 0 Å². The van der Waals surface area contributed by atoms with Gasteiger partial charge >= 0.3 is 12.4 Å². The molecule has 1 aliphatic rings. The first kappa shape index (κ1) is 17.7. The molecule has 0 unspecified atom stereocenters. The van der Waals surface area contributed by atoms with Crippen LogP contribution in [0.15, 0.2) is 0 Å². The second-order valence-corrected chi connectivity index (χ2v) is 4.85. The zero-order chi connectivity index (χ0) is 16.3. The number of likely N-dealkylation sites (tertiary alicyclic amines) is 1. The van der Waals surface area contributed by atoms with Crippen LogP contribution in [0.2, 0.25) is 0 Å². The summed E-state index contributed by atoms with van der Waals surface area (Å²) in [5, 5.41) is 1.84. The number of nitrogens with one attached hydrogen (secondary N) is 1. The summed E-state index contributed by atoms with van der Waals surface area (Å²) in [4.78, 5) is 22.6. The first-order valence-electron chi connectivity index (χ1n) is 6.09. The summed E-state index contributed by atoms with van der Waals surface area (Å²) < 4.78 is 76.1. The van der Waals surface area contributed by atoms with E-state index in [0.29, 0.717) is 0 Å². The van der Waals surface area contributed by atoms with Crippen LogP contribution in [-0.2, 0) is 9.59 Å². The number of rotatable bonds is 4. The third-order valence-electron chi connectivity index (χ3n) is 3.44. The Hall–Kier alpha value is -1.32. The van der Waals surface area contributed by atoms with E-state index < -0.39 is 62.7 Å². The minimum atomic E-state index is -4.88. The van der Waals surface area contributed by atoms with Gasteiger partial charge in [0.25, 0.3) is 0 Å². The van der Waals surface area contributed by atoms with Crippen molar-refractivity contribution in [2.75, 3.05) is 26.2 Å². The van der Waals surface area contributed by atoms with Crippen molar-refractivity contribution in [3.05, 3.63) is 0 Å². The molecule has 1 saturated heterocycles. The van der Waals surface area contributed by atoms with Gasteiger partial charge in [-0.3, -0.25) is 9.69 Å². The third-order valence-corrected chi connectivity index (χ3v) is 3.44. The highest BCUT2D eigenvalue weighted by Gasteiger charge is 2.60. The largest absolute Gasteiger partial charge is 0.403 e. The van der Waals surface area contributed by atoms with E-state index in [0.717, 1.165) is 4.90 Å². The Labute approximate surface area is 116 Å². The molecule has 0 spiro atoms. The van der Waals surface area contributed by atoms with Gasteiger partial charge in [-0.15, -0.1) is 0 Å². The number of aldehydes is 1. The average molecular weight is 320 g/mol. The number of carbonyl (C=O) groups excluding carboxylic acids is 2. The average Bonchev–Trinajstić information content (AvgIpc) is 2.33. The van der Waals surface area contributed by atoms with Crippen molar-refractivity contribution in [3.63, 3.8) is 0 Å². The molecule has 10 heteroatoms. The van der Waals surface area contributed by atoms with Crippen LogP contribution >= 0.6 is 0 Å². The molecular formula is C11H14F6N2O2. The molecule has 0 radical (unpaired) electrons. The van der Waals surface area contributed by atoms with E-state index in [1.807, 2.05) is 5.32 Å². The smallest absolute Gasteiger partial charge is 0.349 e. The zero-order valence-corrected chi connectivity index (χ0v) is 10.9. The van der Waals surface area contributed by atoms with Gasteiger partial charge in [0.05, 0.1) is 13.1 Å². The Bertz CT molecular complexity index is 385. The Kier molecular flexibility index (Phi) is 5.24. The van der Waals surface area contributed by atoms with E-state index >= 15 is 0 Å². The molecule has 0 aliphatic carbocycles. The number of hydrogen-bond acceptors (Lipinski definition) is 3. The van der Waals surface area contributed by atoms with Crippen LogP contribution in [0.5, 0.6) is 0 Å². The highest BCUT2D eigenvalue weighted by molar-refractivity contribution is 5.85. The van der Waals surface area contributed by atoms with E-state index in [9.17, 15) is 35.9 Å². The van der Waals surface area contributed by atoms with Crippen molar-refractivity contribution in [1.29, 1.82) is 0 Å². The molecule has 4 nitrogen and oxygen atoms in total. The molecule has 1 heterocycles. The molecule has 1 amide bonds. The summed E-state index contributed by atoms with van der Waals surface area (Å²) in [6.07, 6.45) is -10.7. The van der Waals surface area contributed by atoms with Crippen molar-refractivity contribution in [2.24, 2.45) is 5.41 Å². The maximum Gasteiger partial charge on any atom is 0.403 e. The van der Waals surface area contributed by atoms with Crippen LogP contribution in [0.1, 0.15) is 12.8 Å². The number of halogens is 6. The lowest BCUT2D eigenvalue weighted by Crippen LogP contribution is -2.57. The molecule has 0 aromatic rings. The fourth-order valence-corrected chi connectivity index (χ4v) is 2.29. The summed E-state index contributed by atoms with van der Waals surface area (Å²) >= 11 is 0. The molecule has 0 atom stereocenters. The van der Waals surface area contributed by atoms with E-state index in [4.69, 9.17) is 0 Å². The van der Waals surface area contributed by atoms with Crippen LogP contribution in [0, 0.1) is 5.41 Å². The van der Waals surface area contributed by atoms with E-state index in [2.05, 4.69) is 0 Å². The molecule has 1 N–H and O–H groups in total. The van der Waals surface area contributed by atoms with Crippen LogP contribution in [0.4, 0.5) is 26.3 Å². The molecule has 0 aromatic heterocycles. The molecule has 0 bridgehead atoms. The van der Waals surface area contributed by atoms with Gasteiger partial charge in [-0.05, 0) is 25.9 Å². The lowest BCUT2D eigenvalue weighted by atomic mass is 9.76. The zero-order valence-electron chi connectivity index (χ0n) is 10.9. The number of hydrogen-bond donors (Lipinski definition) is 1. The second-order valence-electron chi connectivity index (χ2n) is 4.85. The van der Waals surface area contributed by atoms with Gasteiger partial charge in [0.15, 0.2) is 0 Å². The monoisotopic (exact) mass is 320 g/mol. The van der Waals surface area contributed by atoms with E-state index in [-0.39, 0.29) is 6.29 Å². The maximum absolute atomic E-state index is 13.1. The minimum Gasteiger partial charge on any atom is -0.349 e. The van der Waals surface area contributed by atoms with E-state index in [1.165, 1.54) is 0 Å². The molecule has 122 valence electrons. The number of piperidine rings is 1. The molecule has 1 aliphatic heterocycles.